The number of nitrogens with one attached hydrogen (secondary N) is 1. The number of aliphatic carboxylic acids is 1. The molecule has 0 aliphatic heterocycles. The minimum absolute atomic E-state index is 0.0650. The fourth-order valence-corrected chi connectivity index (χ4v) is 2.05. The van der Waals surface area contributed by atoms with Crippen LogP contribution in [-0.2, 0) is 9.59 Å². The van der Waals surface area contributed by atoms with Gasteiger partial charge < -0.3 is 10.4 Å². The van der Waals surface area contributed by atoms with E-state index in [1.165, 1.54) is 6.92 Å². The molecule has 0 heterocycles. The van der Waals surface area contributed by atoms with Gasteiger partial charge in [0.2, 0.25) is 5.91 Å². The van der Waals surface area contributed by atoms with Gasteiger partial charge in [-0.2, -0.15) is 0 Å². The molecular formula is C8H11NO3. The third-order valence-electron chi connectivity index (χ3n) is 2.99. The molecule has 1 atom stereocenters. The zero-order valence-electron chi connectivity index (χ0n) is 6.89. The van der Waals surface area contributed by atoms with E-state index in [0.717, 1.165) is 12.8 Å². The number of carbonyl (C=O) groups excluding carboxylic acids is 1. The molecule has 0 bridgehead atoms. The smallest absolute Gasteiger partial charge is 0.330 e. The summed E-state index contributed by atoms with van der Waals surface area (Å²) < 4.78 is 0. The van der Waals surface area contributed by atoms with Gasteiger partial charge in [-0.3, -0.25) is 4.79 Å². The van der Waals surface area contributed by atoms with Crippen molar-refractivity contribution in [1.82, 2.24) is 5.32 Å². The highest BCUT2D eigenvalue weighted by molar-refractivity contribution is 5.91. The van der Waals surface area contributed by atoms with Crippen molar-refractivity contribution in [2.45, 2.75) is 31.7 Å². The molecule has 2 fully saturated rings. The molecule has 0 radical (unpaired) electrons. The van der Waals surface area contributed by atoms with Gasteiger partial charge in [-0.15, -0.1) is 0 Å². The predicted octanol–water partition coefficient (Wildman–Crippen LogP) is 0.130. The summed E-state index contributed by atoms with van der Waals surface area (Å²) in [5.74, 6) is -1.13. The highest BCUT2D eigenvalue weighted by Gasteiger charge is 2.79. The summed E-state index contributed by atoms with van der Waals surface area (Å²) in [5.41, 5.74) is -0.969. The Kier molecular flexibility index (Phi) is 1.14. The topological polar surface area (TPSA) is 66.4 Å². The molecule has 12 heavy (non-hydrogen) atoms. The minimum atomic E-state index is -0.904. The van der Waals surface area contributed by atoms with Gasteiger partial charge in [0.15, 0.2) is 0 Å². The fourth-order valence-electron chi connectivity index (χ4n) is 2.05. The second kappa shape index (κ2) is 1.81. The van der Waals surface area contributed by atoms with Crippen LogP contribution in [-0.4, -0.2) is 22.5 Å². The zero-order valence-corrected chi connectivity index (χ0v) is 6.89. The van der Waals surface area contributed by atoms with E-state index in [2.05, 4.69) is 5.32 Å². The Balaban J connectivity index is 2.16. The first-order valence-electron chi connectivity index (χ1n) is 4.05. The number of rotatable bonds is 2. The molecule has 2 N–H and O–H groups in total. The van der Waals surface area contributed by atoms with Crippen LogP contribution in [0.4, 0.5) is 0 Å². The van der Waals surface area contributed by atoms with Crippen molar-refractivity contribution >= 4 is 11.9 Å². The Morgan fingerprint density at radius 2 is 2.00 bits per heavy atom. The summed E-state index contributed by atoms with van der Waals surface area (Å²) in [7, 11) is 0. The molecule has 4 heteroatoms. The molecule has 2 rings (SSSR count). The Labute approximate surface area is 69.9 Å². The average molecular weight is 169 g/mol. The van der Waals surface area contributed by atoms with Crippen molar-refractivity contribution in [2.75, 3.05) is 0 Å². The molecule has 4 nitrogen and oxygen atoms in total. The lowest BCUT2D eigenvalue weighted by Gasteiger charge is -2.12. The lowest BCUT2D eigenvalue weighted by molar-refractivity contribution is -0.143. The van der Waals surface area contributed by atoms with Crippen molar-refractivity contribution in [1.29, 1.82) is 0 Å². The predicted molar refractivity (Wildman–Crippen MR) is 40.5 cm³/mol. The van der Waals surface area contributed by atoms with Gasteiger partial charge in [-0.25, -0.2) is 4.79 Å². The number of hydrogen-bond donors (Lipinski definition) is 2. The molecular weight excluding hydrogens is 158 g/mol. The fraction of sp³-hybridized carbons (Fsp3) is 0.750. The monoisotopic (exact) mass is 169 g/mol. The number of carboxylic acids is 1. The van der Waals surface area contributed by atoms with Gasteiger partial charge in [-0.1, -0.05) is 0 Å². The molecule has 0 saturated heterocycles. The zero-order chi connectivity index (χ0) is 8.98. The van der Waals surface area contributed by atoms with E-state index in [1.807, 2.05) is 0 Å². The van der Waals surface area contributed by atoms with Crippen LogP contribution in [0.2, 0.25) is 0 Å². The summed E-state index contributed by atoms with van der Waals surface area (Å²) in [6, 6.07) is 0. The third-order valence-corrected chi connectivity index (χ3v) is 2.99. The van der Waals surface area contributed by atoms with Crippen molar-refractivity contribution in [3.8, 4) is 0 Å². The van der Waals surface area contributed by atoms with Gasteiger partial charge in [0.25, 0.3) is 0 Å². The molecule has 2 saturated carbocycles. The number of carboxylic acid groups (broad SMARTS) is 1. The van der Waals surface area contributed by atoms with Crippen LogP contribution in [0.5, 0.6) is 0 Å². The normalized spacial score (nSPS) is 34.4. The van der Waals surface area contributed by atoms with Gasteiger partial charge >= 0.3 is 5.97 Å². The second-order valence-electron chi connectivity index (χ2n) is 3.85. The molecule has 1 amide bonds. The summed E-state index contributed by atoms with van der Waals surface area (Å²) >= 11 is 0. The first-order chi connectivity index (χ1) is 5.52. The molecule has 2 aliphatic rings. The van der Waals surface area contributed by atoms with E-state index < -0.39 is 11.5 Å². The lowest BCUT2D eigenvalue weighted by atomic mass is 10.2. The Morgan fingerprint density at radius 3 is 2.25 bits per heavy atom. The Bertz CT molecular complexity index is 269. The SMILES string of the molecule is CC(=O)NC1(C(=O)O)CC12CC2. The van der Waals surface area contributed by atoms with Crippen molar-refractivity contribution in [3.63, 3.8) is 0 Å². The highest BCUT2D eigenvalue weighted by atomic mass is 16.4. The van der Waals surface area contributed by atoms with Gasteiger partial charge in [0.1, 0.15) is 5.54 Å². The summed E-state index contributed by atoms with van der Waals surface area (Å²) in [6.45, 7) is 1.36. The quantitative estimate of drug-likeness (QED) is 0.617. The van der Waals surface area contributed by atoms with E-state index >= 15 is 0 Å². The Hall–Kier alpha value is -1.06. The largest absolute Gasteiger partial charge is 0.479 e. The van der Waals surface area contributed by atoms with Gasteiger partial charge in [-0.05, 0) is 19.3 Å². The number of carbonyl (C=O) groups is 2. The molecule has 1 spiro atoms. The minimum Gasteiger partial charge on any atom is -0.479 e. The van der Waals surface area contributed by atoms with E-state index in [1.54, 1.807) is 0 Å². The van der Waals surface area contributed by atoms with Crippen LogP contribution >= 0.6 is 0 Å². The van der Waals surface area contributed by atoms with E-state index in [-0.39, 0.29) is 11.3 Å². The lowest BCUT2D eigenvalue weighted by Crippen LogP contribution is -2.44. The highest BCUT2D eigenvalue weighted by Crippen LogP contribution is 2.73. The maximum atomic E-state index is 10.9. The van der Waals surface area contributed by atoms with Crippen LogP contribution in [0.1, 0.15) is 26.2 Å². The second-order valence-corrected chi connectivity index (χ2v) is 3.85. The standard InChI is InChI=1S/C8H11NO3/c1-5(10)9-8(6(11)12)4-7(8)2-3-7/h2-4H2,1H3,(H,9,10)(H,11,12). The van der Waals surface area contributed by atoms with Crippen LogP contribution in [0.15, 0.2) is 0 Å². The van der Waals surface area contributed by atoms with Gasteiger partial charge in [0, 0.05) is 12.3 Å². The van der Waals surface area contributed by atoms with Crippen LogP contribution in [0.3, 0.4) is 0 Å². The summed E-state index contributed by atoms with van der Waals surface area (Å²) in [6.07, 6.45) is 2.51. The van der Waals surface area contributed by atoms with Crippen LogP contribution in [0.25, 0.3) is 0 Å². The number of amides is 1. The maximum Gasteiger partial charge on any atom is 0.330 e. The van der Waals surface area contributed by atoms with Crippen molar-refractivity contribution < 1.29 is 14.7 Å². The Morgan fingerprint density at radius 1 is 1.42 bits per heavy atom. The van der Waals surface area contributed by atoms with E-state index in [4.69, 9.17) is 5.11 Å². The van der Waals surface area contributed by atoms with Crippen LogP contribution in [0, 0.1) is 5.41 Å². The van der Waals surface area contributed by atoms with E-state index in [0.29, 0.717) is 6.42 Å². The third kappa shape index (κ3) is 0.722. The molecule has 0 aromatic heterocycles. The first kappa shape index (κ1) is 7.58. The van der Waals surface area contributed by atoms with Crippen LogP contribution < -0.4 is 5.32 Å². The summed E-state index contributed by atoms with van der Waals surface area (Å²) in [4.78, 5) is 21.6. The molecule has 1 unspecified atom stereocenters. The first-order valence-corrected chi connectivity index (χ1v) is 4.05. The van der Waals surface area contributed by atoms with Crippen molar-refractivity contribution in [2.24, 2.45) is 5.41 Å². The van der Waals surface area contributed by atoms with E-state index in [9.17, 15) is 9.59 Å². The summed E-state index contributed by atoms with van der Waals surface area (Å²) in [5, 5.41) is 11.5. The molecule has 66 valence electrons. The van der Waals surface area contributed by atoms with Gasteiger partial charge in [0.05, 0.1) is 0 Å². The molecule has 0 aromatic carbocycles. The maximum absolute atomic E-state index is 10.9. The molecule has 0 aromatic rings. The average Bonchev–Trinajstić information content (AvgIpc) is 2.75. The molecule has 2 aliphatic carbocycles. The number of hydrogen-bond acceptors (Lipinski definition) is 2. The van der Waals surface area contributed by atoms with Crippen molar-refractivity contribution in [3.05, 3.63) is 0 Å².